The van der Waals surface area contributed by atoms with Gasteiger partial charge in [0.25, 0.3) is 0 Å². The van der Waals surface area contributed by atoms with Crippen LogP contribution in [0.3, 0.4) is 0 Å². The molecule has 0 radical (unpaired) electrons. The molecule has 0 saturated carbocycles. The van der Waals surface area contributed by atoms with E-state index in [4.69, 9.17) is 9.73 Å². The lowest BCUT2D eigenvalue weighted by molar-refractivity contribution is 0.139. The number of nitrogens with zero attached hydrogens (tertiary/aromatic N) is 1. The summed E-state index contributed by atoms with van der Waals surface area (Å²) in [5, 5.41) is 0. The Morgan fingerprint density at radius 3 is 2.00 bits per heavy atom. The zero-order valence-electron chi connectivity index (χ0n) is 12.8. The molecular weight excluding hydrogens is 258 g/mol. The van der Waals surface area contributed by atoms with Gasteiger partial charge in [0, 0.05) is 5.56 Å². The Bertz CT molecular complexity index is 626. The average molecular weight is 279 g/mol. The van der Waals surface area contributed by atoms with Gasteiger partial charge in [-0.2, -0.15) is 0 Å². The van der Waals surface area contributed by atoms with Crippen molar-refractivity contribution in [2.24, 2.45) is 10.4 Å². The molecular formula is C19H21NO. The van der Waals surface area contributed by atoms with Gasteiger partial charge in [-0.15, -0.1) is 0 Å². The van der Waals surface area contributed by atoms with Crippen LogP contribution in [0.1, 0.15) is 38.0 Å². The van der Waals surface area contributed by atoms with Crippen molar-refractivity contribution in [2.45, 2.75) is 32.9 Å². The van der Waals surface area contributed by atoms with Gasteiger partial charge < -0.3 is 4.74 Å². The van der Waals surface area contributed by atoms with Gasteiger partial charge in [-0.05, 0) is 23.1 Å². The molecule has 0 saturated heterocycles. The molecule has 0 N–H and O–H groups in total. The van der Waals surface area contributed by atoms with E-state index in [-0.39, 0.29) is 17.6 Å². The highest BCUT2D eigenvalue weighted by molar-refractivity contribution is 5.95. The van der Waals surface area contributed by atoms with E-state index in [9.17, 15) is 0 Å². The van der Waals surface area contributed by atoms with E-state index in [0.717, 1.165) is 11.5 Å². The van der Waals surface area contributed by atoms with Crippen molar-refractivity contribution in [1.29, 1.82) is 0 Å². The first-order valence-electron chi connectivity index (χ1n) is 7.40. The SMILES string of the molecule is CC(C)(C)C1N=C(c2ccccc2)OC1c1ccccc1. The Kier molecular flexibility index (Phi) is 3.54. The third-order valence-electron chi connectivity index (χ3n) is 3.82. The van der Waals surface area contributed by atoms with Gasteiger partial charge in [-0.1, -0.05) is 69.3 Å². The summed E-state index contributed by atoms with van der Waals surface area (Å²) in [4.78, 5) is 4.88. The summed E-state index contributed by atoms with van der Waals surface area (Å²) in [5.74, 6) is 0.754. The maximum Gasteiger partial charge on any atom is 0.217 e. The van der Waals surface area contributed by atoms with Crippen LogP contribution in [0.2, 0.25) is 0 Å². The Morgan fingerprint density at radius 2 is 1.43 bits per heavy atom. The fraction of sp³-hybridized carbons (Fsp3) is 0.316. The highest BCUT2D eigenvalue weighted by Gasteiger charge is 2.40. The summed E-state index contributed by atoms with van der Waals surface area (Å²) in [5.41, 5.74) is 2.29. The summed E-state index contributed by atoms with van der Waals surface area (Å²) >= 11 is 0. The third kappa shape index (κ3) is 2.85. The van der Waals surface area contributed by atoms with E-state index in [1.807, 2.05) is 36.4 Å². The van der Waals surface area contributed by atoms with E-state index >= 15 is 0 Å². The second-order valence-electron chi connectivity index (χ2n) is 6.56. The fourth-order valence-electron chi connectivity index (χ4n) is 2.67. The first-order valence-corrected chi connectivity index (χ1v) is 7.40. The van der Waals surface area contributed by atoms with Crippen LogP contribution < -0.4 is 0 Å². The molecule has 1 heterocycles. The molecule has 3 rings (SSSR count). The summed E-state index contributed by atoms with van der Waals surface area (Å²) in [6.45, 7) is 6.65. The largest absolute Gasteiger partial charge is 0.467 e. The molecule has 0 aromatic heterocycles. The first-order chi connectivity index (χ1) is 10.1. The molecule has 2 heteroatoms. The Labute approximate surface area is 126 Å². The number of hydrogen-bond donors (Lipinski definition) is 0. The summed E-state index contributed by atoms with van der Waals surface area (Å²) < 4.78 is 6.22. The summed E-state index contributed by atoms with van der Waals surface area (Å²) in [6.07, 6.45) is -0.0126. The predicted molar refractivity (Wildman–Crippen MR) is 86.5 cm³/mol. The van der Waals surface area contributed by atoms with E-state index in [0.29, 0.717) is 0 Å². The van der Waals surface area contributed by atoms with E-state index in [1.165, 1.54) is 5.56 Å². The van der Waals surface area contributed by atoms with Crippen molar-refractivity contribution in [3.05, 3.63) is 71.8 Å². The second-order valence-corrected chi connectivity index (χ2v) is 6.56. The molecule has 0 bridgehead atoms. The molecule has 2 nitrogen and oxygen atoms in total. The number of rotatable bonds is 2. The van der Waals surface area contributed by atoms with Crippen molar-refractivity contribution in [3.63, 3.8) is 0 Å². The molecule has 2 unspecified atom stereocenters. The molecule has 0 aliphatic carbocycles. The van der Waals surface area contributed by atoms with Crippen molar-refractivity contribution in [2.75, 3.05) is 0 Å². The van der Waals surface area contributed by atoms with Crippen LogP contribution in [0.5, 0.6) is 0 Å². The molecule has 1 aliphatic rings. The lowest BCUT2D eigenvalue weighted by Crippen LogP contribution is -2.28. The lowest BCUT2D eigenvalue weighted by Gasteiger charge is -2.28. The van der Waals surface area contributed by atoms with Crippen molar-refractivity contribution in [1.82, 2.24) is 0 Å². The topological polar surface area (TPSA) is 21.6 Å². The zero-order chi connectivity index (χ0) is 14.9. The molecule has 2 aromatic carbocycles. The van der Waals surface area contributed by atoms with Crippen LogP contribution in [0.25, 0.3) is 0 Å². The van der Waals surface area contributed by atoms with Crippen LogP contribution >= 0.6 is 0 Å². The van der Waals surface area contributed by atoms with Crippen LogP contribution in [0.4, 0.5) is 0 Å². The smallest absolute Gasteiger partial charge is 0.217 e. The van der Waals surface area contributed by atoms with Crippen molar-refractivity contribution < 1.29 is 4.74 Å². The zero-order valence-corrected chi connectivity index (χ0v) is 12.8. The number of hydrogen-bond acceptors (Lipinski definition) is 2. The van der Waals surface area contributed by atoms with Gasteiger partial charge >= 0.3 is 0 Å². The molecule has 108 valence electrons. The number of aliphatic imine (C=N–C) groups is 1. The lowest BCUT2D eigenvalue weighted by atomic mass is 9.82. The monoisotopic (exact) mass is 279 g/mol. The van der Waals surface area contributed by atoms with Gasteiger partial charge in [-0.25, -0.2) is 4.99 Å². The first kappa shape index (κ1) is 13.9. The molecule has 0 fully saturated rings. The van der Waals surface area contributed by atoms with Crippen LogP contribution in [0.15, 0.2) is 65.7 Å². The van der Waals surface area contributed by atoms with Crippen LogP contribution in [0, 0.1) is 5.41 Å². The maximum atomic E-state index is 6.22. The fourth-order valence-corrected chi connectivity index (χ4v) is 2.67. The van der Waals surface area contributed by atoms with Gasteiger partial charge in [-0.3, -0.25) is 0 Å². The molecule has 0 spiro atoms. The molecule has 1 aliphatic heterocycles. The number of benzene rings is 2. The molecule has 2 aromatic rings. The van der Waals surface area contributed by atoms with E-state index in [1.54, 1.807) is 0 Å². The quantitative estimate of drug-likeness (QED) is 0.786. The summed E-state index contributed by atoms with van der Waals surface area (Å²) in [7, 11) is 0. The van der Waals surface area contributed by atoms with Crippen LogP contribution in [-0.2, 0) is 4.74 Å². The Morgan fingerprint density at radius 1 is 0.857 bits per heavy atom. The molecule has 21 heavy (non-hydrogen) atoms. The second kappa shape index (κ2) is 5.36. The normalized spacial score (nSPS) is 21.8. The van der Waals surface area contributed by atoms with Crippen molar-refractivity contribution >= 4 is 5.90 Å². The Balaban J connectivity index is 1.97. The molecule has 2 atom stereocenters. The third-order valence-corrected chi connectivity index (χ3v) is 3.82. The van der Waals surface area contributed by atoms with Crippen molar-refractivity contribution in [3.8, 4) is 0 Å². The highest BCUT2D eigenvalue weighted by Crippen LogP contribution is 2.40. The minimum Gasteiger partial charge on any atom is -0.467 e. The number of ether oxygens (including phenoxy) is 1. The van der Waals surface area contributed by atoms with Gasteiger partial charge in [0.2, 0.25) is 5.90 Å². The van der Waals surface area contributed by atoms with Crippen LogP contribution in [-0.4, -0.2) is 11.9 Å². The highest BCUT2D eigenvalue weighted by atomic mass is 16.5. The minimum atomic E-state index is -0.0126. The predicted octanol–water partition coefficient (Wildman–Crippen LogP) is 4.62. The minimum absolute atomic E-state index is 0.0126. The summed E-state index contributed by atoms with van der Waals surface area (Å²) in [6, 6.07) is 20.6. The van der Waals surface area contributed by atoms with Gasteiger partial charge in [0.05, 0.1) is 6.04 Å². The average Bonchev–Trinajstić information content (AvgIpc) is 2.94. The van der Waals surface area contributed by atoms with E-state index in [2.05, 4.69) is 45.0 Å². The van der Waals surface area contributed by atoms with Gasteiger partial charge in [0.15, 0.2) is 0 Å². The standard InChI is InChI=1S/C19H21NO/c1-19(2,3)17-16(14-10-6-4-7-11-14)21-18(20-17)15-12-8-5-9-13-15/h4-13,16-17H,1-3H3. The van der Waals surface area contributed by atoms with E-state index < -0.39 is 0 Å². The maximum absolute atomic E-state index is 6.22. The molecule has 0 amide bonds. The Hall–Kier alpha value is -2.09. The van der Waals surface area contributed by atoms with Gasteiger partial charge in [0.1, 0.15) is 6.10 Å².